The van der Waals surface area contributed by atoms with E-state index in [0.29, 0.717) is 5.92 Å². The third-order valence-corrected chi connectivity index (χ3v) is 6.87. The second-order valence-electron chi connectivity index (χ2n) is 9.19. The fourth-order valence-electron chi connectivity index (χ4n) is 4.94. The summed E-state index contributed by atoms with van der Waals surface area (Å²) in [6.07, 6.45) is 15.7. The standard InChI is InChI=1S/C26H30N4O/c1-18-4-7-23-8-5-21(19-10-12-28(2)13-11-19)17-30(23)26(31)15-24(18)20-6-9-25-22(14-20)16-29(3)27-25/h5-9,14-19H,4,10-13H2,1-3H3. The van der Waals surface area contributed by atoms with Gasteiger partial charge in [0.05, 0.1) is 5.52 Å². The molecule has 1 saturated heterocycles. The van der Waals surface area contributed by atoms with Gasteiger partial charge in [0.25, 0.3) is 5.91 Å². The molecular formula is C26H30N4O. The number of piperidine rings is 1. The van der Waals surface area contributed by atoms with Crippen LogP contribution in [0.2, 0.25) is 0 Å². The molecule has 1 atom stereocenters. The van der Waals surface area contributed by atoms with E-state index < -0.39 is 0 Å². The molecule has 0 radical (unpaired) electrons. The smallest absolute Gasteiger partial charge is 0.255 e. The van der Waals surface area contributed by atoms with Crippen LogP contribution in [0.15, 0.2) is 66.2 Å². The van der Waals surface area contributed by atoms with Gasteiger partial charge in [-0.1, -0.05) is 25.1 Å². The van der Waals surface area contributed by atoms with E-state index in [9.17, 15) is 4.79 Å². The molecule has 1 unspecified atom stereocenters. The van der Waals surface area contributed by atoms with E-state index >= 15 is 0 Å². The second-order valence-corrected chi connectivity index (χ2v) is 9.19. The van der Waals surface area contributed by atoms with Crippen LogP contribution in [0, 0.1) is 11.8 Å². The number of fused-ring (bicyclic) bond motifs is 2. The lowest BCUT2D eigenvalue weighted by Gasteiger charge is -2.33. The first-order valence-electron chi connectivity index (χ1n) is 11.2. The zero-order valence-corrected chi connectivity index (χ0v) is 18.6. The van der Waals surface area contributed by atoms with Crippen LogP contribution < -0.4 is 0 Å². The molecule has 0 saturated carbocycles. The van der Waals surface area contributed by atoms with Gasteiger partial charge in [0.2, 0.25) is 0 Å². The quantitative estimate of drug-likeness (QED) is 0.726. The molecule has 0 N–H and O–H groups in total. The van der Waals surface area contributed by atoms with Crippen LogP contribution in [0.5, 0.6) is 0 Å². The third-order valence-electron chi connectivity index (χ3n) is 6.87. The lowest BCUT2D eigenvalue weighted by molar-refractivity contribution is -0.122. The number of hydrogen-bond donors (Lipinski definition) is 0. The van der Waals surface area contributed by atoms with Crippen LogP contribution in [0.25, 0.3) is 16.5 Å². The highest BCUT2D eigenvalue weighted by molar-refractivity contribution is 5.99. The molecule has 5 nitrogen and oxygen atoms in total. The minimum atomic E-state index is 0.0360. The van der Waals surface area contributed by atoms with Gasteiger partial charge < -0.3 is 4.90 Å². The molecule has 0 spiro atoms. The second kappa shape index (κ2) is 7.97. The van der Waals surface area contributed by atoms with Gasteiger partial charge in [-0.3, -0.25) is 14.4 Å². The molecule has 0 aliphatic carbocycles. The molecule has 1 amide bonds. The number of aryl methyl sites for hydroxylation is 1. The van der Waals surface area contributed by atoms with Crippen molar-refractivity contribution in [2.24, 2.45) is 18.9 Å². The Hall–Kier alpha value is -2.92. The molecule has 31 heavy (non-hydrogen) atoms. The van der Waals surface area contributed by atoms with Gasteiger partial charge in [-0.25, -0.2) is 0 Å². The molecule has 1 fully saturated rings. The van der Waals surface area contributed by atoms with E-state index in [4.69, 9.17) is 0 Å². The summed E-state index contributed by atoms with van der Waals surface area (Å²) in [5.74, 6) is 0.830. The lowest BCUT2D eigenvalue weighted by atomic mass is 9.86. The summed E-state index contributed by atoms with van der Waals surface area (Å²) in [6, 6.07) is 6.29. The fourth-order valence-corrected chi connectivity index (χ4v) is 4.94. The van der Waals surface area contributed by atoms with Gasteiger partial charge in [0, 0.05) is 36.6 Å². The van der Waals surface area contributed by atoms with Crippen molar-refractivity contribution in [3.8, 4) is 0 Å². The summed E-state index contributed by atoms with van der Waals surface area (Å²) in [7, 11) is 4.12. The lowest BCUT2D eigenvalue weighted by Crippen LogP contribution is -2.32. The molecule has 2 aromatic rings. The summed E-state index contributed by atoms with van der Waals surface area (Å²) in [6.45, 7) is 4.43. The summed E-state index contributed by atoms with van der Waals surface area (Å²) in [5, 5.41) is 5.57. The minimum absolute atomic E-state index is 0.0360. The molecule has 1 aromatic heterocycles. The Morgan fingerprint density at radius 3 is 2.71 bits per heavy atom. The number of amides is 1. The maximum Gasteiger partial charge on any atom is 0.255 e. The van der Waals surface area contributed by atoms with Crippen LogP contribution in [0.1, 0.15) is 31.7 Å². The zero-order chi connectivity index (χ0) is 21.5. The highest BCUT2D eigenvalue weighted by Crippen LogP contribution is 2.34. The van der Waals surface area contributed by atoms with Crippen LogP contribution in [0.3, 0.4) is 0 Å². The predicted octanol–water partition coefficient (Wildman–Crippen LogP) is 4.50. The van der Waals surface area contributed by atoms with Crippen LogP contribution >= 0.6 is 0 Å². The predicted molar refractivity (Wildman–Crippen MR) is 125 cm³/mol. The number of likely N-dealkylation sites (tertiary alicyclic amines) is 1. The van der Waals surface area contributed by atoms with Crippen molar-refractivity contribution >= 4 is 22.4 Å². The van der Waals surface area contributed by atoms with E-state index in [2.05, 4.69) is 60.5 Å². The Kier molecular flexibility index (Phi) is 5.14. The molecule has 4 heterocycles. The van der Waals surface area contributed by atoms with E-state index in [0.717, 1.165) is 60.1 Å². The molecule has 1 aromatic carbocycles. The van der Waals surface area contributed by atoms with E-state index in [-0.39, 0.29) is 11.8 Å². The number of carbonyl (C=O) groups excluding carboxylic acids is 1. The average Bonchev–Trinajstić information content (AvgIpc) is 3.14. The number of hydrogen-bond acceptors (Lipinski definition) is 3. The average molecular weight is 415 g/mol. The topological polar surface area (TPSA) is 41.4 Å². The zero-order valence-electron chi connectivity index (χ0n) is 18.6. The number of rotatable bonds is 2. The SMILES string of the molecule is CC1CC=C2C=CC(C3CCN(C)CC3)=CN2C(=O)C=C1c1ccc2nn(C)cc2c1. The van der Waals surface area contributed by atoms with Gasteiger partial charge in [-0.2, -0.15) is 5.10 Å². The molecule has 160 valence electrons. The number of allylic oxidation sites excluding steroid dienone is 5. The van der Waals surface area contributed by atoms with Gasteiger partial charge in [0.15, 0.2) is 0 Å². The minimum Gasteiger partial charge on any atom is -0.306 e. The molecule has 5 rings (SSSR count). The monoisotopic (exact) mass is 414 g/mol. The Labute approximate surface area is 184 Å². The fraction of sp³-hybridized carbons (Fsp3) is 0.385. The maximum absolute atomic E-state index is 13.4. The van der Waals surface area contributed by atoms with Crippen molar-refractivity contribution in [2.75, 3.05) is 20.1 Å². The Morgan fingerprint density at radius 1 is 1.10 bits per heavy atom. The van der Waals surface area contributed by atoms with Crippen molar-refractivity contribution in [1.29, 1.82) is 0 Å². The van der Waals surface area contributed by atoms with Crippen LogP contribution in [-0.4, -0.2) is 45.6 Å². The summed E-state index contributed by atoms with van der Waals surface area (Å²) < 4.78 is 1.83. The number of carbonyl (C=O) groups is 1. The summed E-state index contributed by atoms with van der Waals surface area (Å²) >= 11 is 0. The molecular weight excluding hydrogens is 384 g/mol. The van der Waals surface area contributed by atoms with Crippen molar-refractivity contribution in [3.63, 3.8) is 0 Å². The van der Waals surface area contributed by atoms with Crippen LogP contribution in [-0.2, 0) is 11.8 Å². The third kappa shape index (κ3) is 3.90. The van der Waals surface area contributed by atoms with Gasteiger partial charge >= 0.3 is 0 Å². The first-order chi connectivity index (χ1) is 15.0. The maximum atomic E-state index is 13.4. The first kappa shape index (κ1) is 20.0. The highest BCUT2D eigenvalue weighted by Gasteiger charge is 2.26. The molecule has 5 heteroatoms. The number of benzene rings is 1. The Balaban J connectivity index is 1.46. The van der Waals surface area contributed by atoms with Crippen LogP contribution in [0.4, 0.5) is 0 Å². The molecule has 3 aliphatic heterocycles. The van der Waals surface area contributed by atoms with Crippen molar-refractivity contribution < 1.29 is 4.79 Å². The van der Waals surface area contributed by atoms with E-state index in [1.165, 1.54) is 5.57 Å². The number of nitrogens with zero attached hydrogens (tertiary/aromatic N) is 4. The number of aromatic nitrogens is 2. The van der Waals surface area contributed by atoms with Crippen molar-refractivity contribution in [2.45, 2.75) is 26.2 Å². The Morgan fingerprint density at radius 2 is 1.90 bits per heavy atom. The van der Waals surface area contributed by atoms with Gasteiger partial charge in [-0.15, -0.1) is 0 Å². The van der Waals surface area contributed by atoms with E-state index in [1.807, 2.05) is 35.0 Å². The van der Waals surface area contributed by atoms with Crippen molar-refractivity contribution in [1.82, 2.24) is 19.6 Å². The molecule has 0 bridgehead atoms. The normalized spacial score (nSPS) is 23.2. The van der Waals surface area contributed by atoms with Gasteiger partial charge in [0.1, 0.15) is 0 Å². The largest absolute Gasteiger partial charge is 0.306 e. The van der Waals surface area contributed by atoms with Gasteiger partial charge in [-0.05, 0) is 86.2 Å². The molecule has 3 aliphatic rings. The van der Waals surface area contributed by atoms with Crippen molar-refractivity contribution in [3.05, 3.63) is 71.7 Å². The first-order valence-corrected chi connectivity index (χ1v) is 11.2. The summed E-state index contributed by atoms with van der Waals surface area (Å²) in [4.78, 5) is 17.6. The highest BCUT2D eigenvalue weighted by atomic mass is 16.2. The van der Waals surface area contributed by atoms with E-state index in [1.54, 1.807) is 0 Å². The Bertz CT molecular complexity index is 1140. The summed E-state index contributed by atoms with van der Waals surface area (Å²) in [5.41, 5.74) is 5.44.